The highest BCUT2D eigenvalue weighted by Gasteiger charge is 2.22. The monoisotopic (exact) mass is 249 g/mol. The van der Waals surface area contributed by atoms with Gasteiger partial charge >= 0.3 is 0 Å². The molecule has 0 aliphatic heterocycles. The molecule has 1 aromatic rings. The van der Waals surface area contributed by atoms with Crippen LogP contribution in [-0.4, -0.2) is 12.5 Å². The predicted octanol–water partition coefficient (Wildman–Crippen LogP) is 3.39. The molecular formula is C11H14ClF2NO. The number of halogens is 3. The Morgan fingerprint density at radius 1 is 1.50 bits per heavy atom. The highest BCUT2D eigenvalue weighted by atomic mass is 35.5. The molecule has 0 aliphatic carbocycles. The Kier molecular flexibility index (Phi) is 4.10. The van der Waals surface area contributed by atoms with Gasteiger partial charge in [-0.05, 0) is 24.6 Å². The summed E-state index contributed by atoms with van der Waals surface area (Å²) in [7, 11) is 0. The third kappa shape index (κ3) is 3.94. The first-order chi connectivity index (χ1) is 7.29. The molecule has 16 heavy (non-hydrogen) atoms. The lowest BCUT2D eigenvalue weighted by atomic mass is 10.1. The summed E-state index contributed by atoms with van der Waals surface area (Å²) in [5, 5.41) is 0.291. The van der Waals surface area contributed by atoms with Crippen molar-refractivity contribution in [3.8, 4) is 5.75 Å². The molecule has 0 spiro atoms. The van der Waals surface area contributed by atoms with Crippen LogP contribution in [0.3, 0.4) is 0 Å². The molecule has 0 fully saturated rings. The second kappa shape index (κ2) is 4.97. The van der Waals surface area contributed by atoms with Crippen LogP contribution in [0.4, 0.5) is 8.78 Å². The first-order valence-electron chi connectivity index (χ1n) is 4.85. The molecule has 2 nitrogen and oxygen atoms in total. The van der Waals surface area contributed by atoms with Crippen LogP contribution >= 0.6 is 11.6 Å². The summed E-state index contributed by atoms with van der Waals surface area (Å²) in [5.74, 6) is -2.63. The van der Waals surface area contributed by atoms with E-state index < -0.39 is 12.5 Å². The molecule has 2 N–H and O–H groups in total. The van der Waals surface area contributed by atoms with Crippen LogP contribution in [-0.2, 0) is 0 Å². The van der Waals surface area contributed by atoms with E-state index in [9.17, 15) is 8.78 Å². The molecule has 0 heterocycles. The van der Waals surface area contributed by atoms with Gasteiger partial charge in [0.2, 0.25) is 0 Å². The van der Waals surface area contributed by atoms with E-state index in [2.05, 4.69) is 0 Å². The van der Waals surface area contributed by atoms with Crippen molar-refractivity contribution in [2.45, 2.75) is 25.8 Å². The van der Waals surface area contributed by atoms with Gasteiger partial charge in [-0.1, -0.05) is 17.7 Å². The van der Waals surface area contributed by atoms with Gasteiger partial charge in [0.15, 0.2) is 6.61 Å². The summed E-state index contributed by atoms with van der Waals surface area (Å²) in [6.45, 7) is 1.91. The van der Waals surface area contributed by atoms with Crippen molar-refractivity contribution in [3.63, 3.8) is 0 Å². The average Bonchev–Trinajstić information content (AvgIpc) is 2.14. The summed E-state index contributed by atoms with van der Waals surface area (Å²) in [5.41, 5.74) is 6.49. The smallest absolute Gasteiger partial charge is 0.278 e. The molecular weight excluding hydrogens is 236 g/mol. The molecule has 0 saturated carbocycles. The fraction of sp³-hybridized carbons (Fsp3) is 0.455. The lowest BCUT2D eigenvalue weighted by molar-refractivity contribution is -0.0229. The molecule has 5 heteroatoms. The Labute approximate surface area is 98.3 Å². The largest absolute Gasteiger partial charge is 0.486 e. The maximum absolute atomic E-state index is 12.6. The fourth-order valence-corrected chi connectivity index (χ4v) is 1.37. The maximum atomic E-state index is 12.6. The summed E-state index contributed by atoms with van der Waals surface area (Å²) in [6, 6.07) is 4.72. The van der Waals surface area contributed by atoms with Crippen LogP contribution in [0.25, 0.3) is 0 Å². The first-order valence-corrected chi connectivity index (χ1v) is 5.23. The van der Waals surface area contributed by atoms with Gasteiger partial charge in [0.1, 0.15) is 5.75 Å². The molecule has 0 aliphatic rings. The number of hydrogen-bond donors (Lipinski definition) is 1. The third-order valence-corrected chi connectivity index (χ3v) is 2.26. The molecule has 0 aromatic heterocycles. The van der Waals surface area contributed by atoms with Gasteiger partial charge in [-0.15, -0.1) is 0 Å². The van der Waals surface area contributed by atoms with Crippen LogP contribution in [0.1, 0.15) is 25.5 Å². The Balaban J connectivity index is 2.76. The number of rotatable bonds is 4. The molecule has 0 bridgehead atoms. The van der Waals surface area contributed by atoms with Crippen LogP contribution in [0.15, 0.2) is 18.2 Å². The van der Waals surface area contributed by atoms with Crippen molar-refractivity contribution in [2.75, 3.05) is 6.61 Å². The van der Waals surface area contributed by atoms with Gasteiger partial charge in [0.05, 0.1) is 5.02 Å². The normalized spacial score (nSPS) is 13.6. The summed E-state index contributed by atoms with van der Waals surface area (Å²) in [6.07, 6.45) is 0. The molecule has 90 valence electrons. The zero-order valence-corrected chi connectivity index (χ0v) is 9.89. The van der Waals surface area contributed by atoms with Gasteiger partial charge in [0, 0.05) is 13.0 Å². The Morgan fingerprint density at radius 2 is 2.12 bits per heavy atom. The van der Waals surface area contributed by atoms with E-state index in [1.165, 1.54) is 0 Å². The van der Waals surface area contributed by atoms with E-state index in [1.807, 2.05) is 6.92 Å². The van der Waals surface area contributed by atoms with E-state index in [0.717, 1.165) is 12.5 Å². The van der Waals surface area contributed by atoms with E-state index >= 15 is 0 Å². The number of hydrogen-bond acceptors (Lipinski definition) is 2. The van der Waals surface area contributed by atoms with Crippen LogP contribution in [0.5, 0.6) is 5.75 Å². The average molecular weight is 250 g/mol. The van der Waals surface area contributed by atoms with Crippen molar-refractivity contribution >= 4 is 11.6 Å². The minimum atomic E-state index is -2.87. The number of ether oxygens (including phenoxy) is 1. The number of nitrogens with two attached hydrogens (primary N) is 1. The zero-order chi connectivity index (χ0) is 12.3. The van der Waals surface area contributed by atoms with E-state index in [0.29, 0.717) is 5.02 Å². The number of alkyl halides is 2. The van der Waals surface area contributed by atoms with Gasteiger partial charge in [-0.25, -0.2) is 8.78 Å². The minimum absolute atomic E-state index is 0.154. The first kappa shape index (κ1) is 13.2. The molecule has 1 aromatic carbocycles. The standard InChI is InChI=1S/C11H14ClF2NO/c1-7(15)8-3-4-10(9(12)5-8)16-6-11(2,13)14/h3-5,7H,6,15H2,1-2H3. The Hall–Kier alpha value is -0.870. The fourth-order valence-electron chi connectivity index (χ4n) is 1.12. The van der Waals surface area contributed by atoms with E-state index in [-0.39, 0.29) is 11.8 Å². The molecule has 1 atom stereocenters. The third-order valence-electron chi connectivity index (χ3n) is 1.96. The van der Waals surface area contributed by atoms with Crippen LogP contribution < -0.4 is 10.5 Å². The molecule has 1 rings (SSSR count). The van der Waals surface area contributed by atoms with Crippen molar-refractivity contribution in [1.82, 2.24) is 0 Å². The zero-order valence-electron chi connectivity index (χ0n) is 9.14. The van der Waals surface area contributed by atoms with Gasteiger partial charge < -0.3 is 10.5 Å². The Bertz CT molecular complexity index is 363. The molecule has 0 saturated heterocycles. The topological polar surface area (TPSA) is 35.2 Å². The summed E-state index contributed by atoms with van der Waals surface area (Å²) in [4.78, 5) is 0. The SMILES string of the molecule is CC(N)c1ccc(OCC(C)(F)F)c(Cl)c1. The van der Waals surface area contributed by atoms with Gasteiger partial charge in [0.25, 0.3) is 5.92 Å². The second-order valence-corrected chi connectivity index (χ2v) is 4.24. The summed E-state index contributed by atoms with van der Waals surface area (Å²) >= 11 is 5.88. The van der Waals surface area contributed by atoms with E-state index in [4.69, 9.17) is 22.1 Å². The predicted molar refractivity (Wildman–Crippen MR) is 60.2 cm³/mol. The number of benzene rings is 1. The highest BCUT2D eigenvalue weighted by Crippen LogP contribution is 2.28. The van der Waals surface area contributed by atoms with Crippen LogP contribution in [0.2, 0.25) is 5.02 Å². The lowest BCUT2D eigenvalue weighted by Gasteiger charge is -2.14. The van der Waals surface area contributed by atoms with Crippen molar-refractivity contribution < 1.29 is 13.5 Å². The summed E-state index contributed by atoms with van der Waals surface area (Å²) < 4.78 is 30.0. The van der Waals surface area contributed by atoms with Gasteiger partial charge in [-0.3, -0.25) is 0 Å². The van der Waals surface area contributed by atoms with Crippen molar-refractivity contribution in [2.24, 2.45) is 5.73 Å². The van der Waals surface area contributed by atoms with Gasteiger partial charge in [-0.2, -0.15) is 0 Å². The second-order valence-electron chi connectivity index (χ2n) is 3.84. The van der Waals surface area contributed by atoms with Crippen LogP contribution in [0, 0.1) is 0 Å². The maximum Gasteiger partial charge on any atom is 0.278 e. The van der Waals surface area contributed by atoms with Crippen molar-refractivity contribution in [1.29, 1.82) is 0 Å². The lowest BCUT2D eigenvalue weighted by Crippen LogP contribution is -2.21. The molecule has 1 unspecified atom stereocenters. The minimum Gasteiger partial charge on any atom is -0.486 e. The molecule has 0 radical (unpaired) electrons. The van der Waals surface area contributed by atoms with Crippen molar-refractivity contribution in [3.05, 3.63) is 28.8 Å². The quantitative estimate of drug-likeness (QED) is 0.888. The highest BCUT2D eigenvalue weighted by molar-refractivity contribution is 6.32. The van der Waals surface area contributed by atoms with E-state index in [1.54, 1.807) is 18.2 Å². The molecule has 0 amide bonds. The Morgan fingerprint density at radius 3 is 2.56 bits per heavy atom.